The van der Waals surface area contributed by atoms with Gasteiger partial charge in [-0.15, -0.1) is 26.3 Å². The molecule has 0 atom stereocenters. The maximum absolute atomic E-state index is 4.63. The molecule has 2 saturated heterocycles. The van der Waals surface area contributed by atoms with E-state index >= 15 is 0 Å². The predicted molar refractivity (Wildman–Crippen MR) is 281 cm³/mol. The van der Waals surface area contributed by atoms with Crippen LogP contribution < -0.4 is 0 Å². The molecule has 0 unspecified atom stereocenters. The fraction of sp³-hybridized carbons (Fsp3) is 0.818. The zero-order valence-electron chi connectivity index (χ0n) is 43.9. The van der Waals surface area contributed by atoms with Crippen molar-refractivity contribution in [2.24, 2.45) is 0 Å². The first kappa shape index (κ1) is 55.3. The standard InChI is InChI=1S/C44H94B8N8/c1-27-45-53(37(8)9)46(28-2)55(39(12)13)52(56(40(14)15)47(29-3)54(45)38(10)11)36-34-35-44(25,26)60-50(32-6)58(42(19,20)21)48(30-4)57(41(16,17)18)49(31-5)59(43(22,23)24)51(60)33-7/h30-33,37-40H,4-7,27-29,34-36H2,1-3,8-26H3. The molecule has 0 aromatic rings. The molecule has 0 spiro atoms. The fourth-order valence-corrected chi connectivity index (χ4v) is 11.7. The van der Waals surface area contributed by atoms with Gasteiger partial charge < -0.3 is 37.8 Å². The van der Waals surface area contributed by atoms with Crippen LogP contribution in [0.25, 0.3) is 0 Å². The number of hydrogen-bond donors (Lipinski definition) is 0. The molecular formula is C44H94B8N8. The zero-order valence-corrected chi connectivity index (χ0v) is 43.9. The third-order valence-electron chi connectivity index (χ3n) is 13.6. The maximum atomic E-state index is 4.63. The molecule has 8 nitrogen and oxygen atoms in total. The van der Waals surface area contributed by atoms with Crippen molar-refractivity contribution in [3.63, 3.8) is 0 Å². The van der Waals surface area contributed by atoms with Gasteiger partial charge in [0.1, 0.15) is 0 Å². The first-order valence-electron chi connectivity index (χ1n) is 24.3. The van der Waals surface area contributed by atoms with Gasteiger partial charge in [-0.3, -0.25) is 0 Å². The molecule has 0 aliphatic carbocycles. The molecule has 0 radical (unpaired) electrons. The van der Waals surface area contributed by atoms with Crippen LogP contribution >= 0.6 is 0 Å². The summed E-state index contributed by atoms with van der Waals surface area (Å²) in [6, 6.07) is 1.62. The summed E-state index contributed by atoms with van der Waals surface area (Å²) < 4.78 is 22.3. The summed E-state index contributed by atoms with van der Waals surface area (Å²) in [5.74, 6) is 8.68. The quantitative estimate of drug-likeness (QED) is 0.142. The van der Waals surface area contributed by atoms with E-state index in [1.54, 1.807) is 0 Å². The summed E-state index contributed by atoms with van der Waals surface area (Å²) >= 11 is 0. The third-order valence-corrected chi connectivity index (χ3v) is 13.6. The van der Waals surface area contributed by atoms with E-state index in [-0.39, 0.29) is 57.1 Å². The number of rotatable bonds is 16. The van der Waals surface area contributed by atoms with Crippen LogP contribution in [0, 0.1) is 0 Å². The Labute approximate surface area is 379 Å². The van der Waals surface area contributed by atoms with E-state index in [1.807, 2.05) is 0 Å². The van der Waals surface area contributed by atoms with Gasteiger partial charge in [-0.2, -0.15) is 0 Å². The van der Waals surface area contributed by atoms with E-state index in [4.69, 9.17) is 0 Å². The summed E-state index contributed by atoms with van der Waals surface area (Å²) in [5.41, 5.74) is -0.913. The second-order valence-corrected chi connectivity index (χ2v) is 22.8. The maximum Gasteiger partial charge on any atom is 0.318 e. The first-order valence-corrected chi connectivity index (χ1v) is 24.3. The molecule has 2 fully saturated rings. The van der Waals surface area contributed by atoms with Gasteiger partial charge in [-0.1, -0.05) is 106 Å². The van der Waals surface area contributed by atoms with E-state index < -0.39 is 0 Å². The van der Waals surface area contributed by atoms with Gasteiger partial charge >= 0.3 is 27.9 Å². The van der Waals surface area contributed by atoms with Crippen molar-refractivity contribution in [3.8, 4) is 0 Å². The van der Waals surface area contributed by atoms with Gasteiger partial charge in [-0.05, 0) is 154 Å². The fourth-order valence-electron chi connectivity index (χ4n) is 11.7. The van der Waals surface area contributed by atoms with E-state index in [0.717, 1.165) is 38.1 Å². The Morgan fingerprint density at radius 1 is 0.400 bits per heavy atom. The van der Waals surface area contributed by atoms with E-state index in [9.17, 15) is 0 Å². The van der Waals surface area contributed by atoms with E-state index in [1.165, 1.54) is 0 Å². The number of hydrogen-bond acceptors (Lipinski definition) is 8. The zero-order chi connectivity index (χ0) is 46.6. The molecule has 2 rings (SSSR count). The average Bonchev–Trinajstić information content (AvgIpc) is 3.09. The molecule has 0 aromatic carbocycles. The second-order valence-electron chi connectivity index (χ2n) is 22.8. The Hall–Kier alpha value is -0.841. The molecular weight excluding hydrogens is 727 g/mol. The van der Waals surface area contributed by atoms with E-state index in [0.29, 0.717) is 45.1 Å². The van der Waals surface area contributed by atoms with Crippen molar-refractivity contribution in [1.29, 1.82) is 0 Å². The molecule has 2 heterocycles. The van der Waals surface area contributed by atoms with Crippen molar-refractivity contribution in [3.05, 3.63) is 50.2 Å². The lowest BCUT2D eigenvalue weighted by Crippen LogP contribution is -2.84. The van der Waals surface area contributed by atoms with Crippen LogP contribution in [0.3, 0.4) is 0 Å². The molecule has 334 valence electrons. The molecule has 2 aliphatic rings. The minimum Gasteiger partial charge on any atom is -0.355 e. The van der Waals surface area contributed by atoms with Gasteiger partial charge in [-0.25, -0.2) is 0 Å². The minimum absolute atomic E-state index is 0.101. The molecule has 16 heteroatoms. The van der Waals surface area contributed by atoms with Crippen molar-refractivity contribution >= 4 is 55.9 Å². The normalized spacial score (nSPS) is 20.0. The molecule has 0 saturated carbocycles. The number of nitrogens with zero attached hydrogens (tertiary/aromatic N) is 8. The molecule has 0 aromatic heterocycles. The highest BCUT2D eigenvalue weighted by Crippen LogP contribution is 2.39. The Morgan fingerprint density at radius 2 is 0.633 bits per heavy atom. The Kier molecular flexibility index (Phi) is 20.2. The summed E-state index contributed by atoms with van der Waals surface area (Å²) in [5, 5.41) is 0. The van der Waals surface area contributed by atoms with Crippen LogP contribution in [0.4, 0.5) is 0 Å². The van der Waals surface area contributed by atoms with Crippen LogP contribution in [0.5, 0.6) is 0 Å². The van der Waals surface area contributed by atoms with Crippen molar-refractivity contribution in [1.82, 2.24) is 37.8 Å². The van der Waals surface area contributed by atoms with Crippen molar-refractivity contribution < 1.29 is 0 Å². The van der Waals surface area contributed by atoms with Crippen LogP contribution in [0.2, 0.25) is 25.3 Å². The van der Waals surface area contributed by atoms with Crippen LogP contribution in [0.1, 0.15) is 165 Å². The summed E-state index contributed by atoms with van der Waals surface area (Å²) in [6.45, 7) is 71.9. The summed E-state index contributed by atoms with van der Waals surface area (Å²) in [6.07, 6.45) is 6.46. The summed E-state index contributed by atoms with van der Waals surface area (Å²) in [7, 11) is 0. The summed E-state index contributed by atoms with van der Waals surface area (Å²) in [4.78, 5) is 0. The smallest absolute Gasteiger partial charge is 0.318 e. The van der Waals surface area contributed by atoms with Crippen molar-refractivity contribution in [2.75, 3.05) is 0 Å². The molecule has 60 heavy (non-hydrogen) atoms. The largest absolute Gasteiger partial charge is 0.355 e. The predicted octanol–water partition coefficient (Wildman–Crippen LogP) is 9.88. The monoisotopic (exact) mass is 823 g/mol. The molecule has 0 bridgehead atoms. The highest BCUT2D eigenvalue weighted by Gasteiger charge is 2.59. The third kappa shape index (κ3) is 11.7. The lowest BCUT2D eigenvalue weighted by molar-refractivity contribution is 0.216. The van der Waals surface area contributed by atoms with Crippen LogP contribution in [-0.2, 0) is 0 Å². The molecule has 0 N–H and O–H groups in total. The first-order chi connectivity index (χ1) is 27.5. The molecule has 2 aliphatic heterocycles. The SMILES string of the molecule is C=CB1N(C(C)(C)C)B(C=C)N(C(C)(C)C)B(C=C)N(C(C)(C)CCCB2N(C(C)C)B(CC)N(C(C)C)B(CC)N(C(C)C)B(CC)N2C(C)C)B(C=C)N1C(C)(C)C. The lowest BCUT2D eigenvalue weighted by Gasteiger charge is -2.63. The van der Waals surface area contributed by atoms with Crippen LogP contribution in [0.15, 0.2) is 50.2 Å². The van der Waals surface area contributed by atoms with Crippen LogP contribution in [-0.4, -0.2) is 140 Å². The Morgan fingerprint density at radius 3 is 0.833 bits per heavy atom. The van der Waals surface area contributed by atoms with E-state index in [2.05, 4.69) is 240 Å². The second kappa shape index (κ2) is 21.9. The van der Waals surface area contributed by atoms with Crippen molar-refractivity contribution in [2.45, 2.75) is 237 Å². The van der Waals surface area contributed by atoms with Gasteiger partial charge in [0.2, 0.25) is 0 Å². The van der Waals surface area contributed by atoms with Gasteiger partial charge in [0.05, 0.1) is 0 Å². The topological polar surface area (TPSA) is 25.9 Å². The highest BCUT2D eigenvalue weighted by atomic mass is 15.4. The average molecular weight is 822 g/mol. The minimum atomic E-state index is -0.255. The van der Waals surface area contributed by atoms with Gasteiger partial charge in [0.25, 0.3) is 27.9 Å². The Bertz CT molecular complexity index is 1300. The van der Waals surface area contributed by atoms with Gasteiger partial charge in [0, 0.05) is 0 Å². The van der Waals surface area contributed by atoms with Gasteiger partial charge in [0.15, 0.2) is 0 Å². The Balaban J connectivity index is 2.96. The highest BCUT2D eigenvalue weighted by molar-refractivity contribution is 6.91. The molecule has 0 amide bonds. The lowest BCUT2D eigenvalue weighted by atomic mass is 9.38.